The molecule has 1 heterocycles. The predicted octanol–water partition coefficient (Wildman–Crippen LogP) is 2.03. The van der Waals surface area contributed by atoms with Crippen LogP contribution < -0.4 is 0 Å². The van der Waals surface area contributed by atoms with Crippen LogP contribution in [0.2, 0.25) is 0 Å². The van der Waals surface area contributed by atoms with Gasteiger partial charge < -0.3 is 10.2 Å². The van der Waals surface area contributed by atoms with Crippen molar-refractivity contribution in [3.63, 3.8) is 0 Å². The fraction of sp³-hybridized carbons (Fsp3) is 0.583. The molecule has 17 heavy (non-hydrogen) atoms. The molecule has 1 aliphatic rings. The first-order chi connectivity index (χ1) is 8.09. The van der Waals surface area contributed by atoms with Crippen LogP contribution in [0.5, 0.6) is 5.75 Å². The lowest BCUT2D eigenvalue weighted by Crippen LogP contribution is -2.12. The van der Waals surface area contributed by atoms with E-state index in [0.29, 0.717) is 11.7 Å². The monoisotopic (exact) mass is 236 g/mol. The molecule has 1 atom stereocenters. The molecular formula is C12H16N2O3. The summed E-state index contributed by atoms with van der Waals surface area (Å²) >= 11 is 0. The molecule has 5 nitrogen and oxygen atoms in total. The molecule has 1 aromatic rings. The Morgan fingerprint density at radius 3 is 2.71 bits per heavy atom. The summed E-state index contributed by atoms with van der Waals surface area (Å²) in [5.41, 5.74) is 0.217. The maximum Gasteiger partial charge on any atom is 0.312 e. The van der Waals surface area contributed by atoms with E-state index in [0.717, 1.165) is 12.8 Å². The van der Waals surface area contributed by atoms with Crippen LogP contribution in [0.1, 0.15) is 56.0 Å². The molecule has 92 valence electrons. The van der Waals surface area contributed by atoms with E-state index in [2.05, 4.69) is 9.97 Å². The van der Waals surface area contributed by atoms with Gasteiger partial charge in [-0.3, -0.25) is 4.79 Å². The van der Waals surface area contributed by atoms with Gasteiger partial charge in [0.25, 0.3) is 0 Å². The van der Waals surface area contributed by atoms with Crippen molar-refractivity contribution in [1.29, 1.82) is 0 Å². The lowest BCUT2D eigenvalue weighted by molar-refractivity contribution is -0.138. The molecule has 2 N–H and O–H groups in total. The highest BCUT2D eigenvalue weighted by Gasteiger charge is 2.24. The maximum absolute atomic E-state index is 10.9. The number of aromatic hydroxyl groups is 1. The number of carboxylic acid groups (broad SMARTS) is 1. The van der Waals surface area contributed by atoms with Gasteiger partial charge in [0.1, 0.15) is 5.82 Å². The SMILES string of the molecule is CC(C(=O)O)c1nc(C2CCCC2)ncc1O. The third-order valence-corrected chi connectivity index (χ3v) is 3.32. The zero-order valence-corrected chi connectivity index (χ0v) is 9.76. The fourth-order valence-corrected chi connectivity index (χ4v) is 2.22. The zero-order valence-electron chi connectivity index (χ0n) is 9.76. The van der Waals surface area contributed by atoms with Gasteiger partial charge in [-0.25, -0.2) is 9.97 Å². The summed E-state index contributed by atoms with van der Waals surface area (Å²) in [5, 5.41) is 18.6. The minimum atomic E-state index is -0.989. The van der Waals surface area contributed by atoms with Gasteiger partial charge in [0.2, 0.25) is 0 Å². The van der Waals surface area contributed by atoms with Crippen molar-refractivity contribution in [2.24, 2.45) is 0 Å². The van der Waals surface area contributed by atoms with E-state index < -0.39 is 11.9 Å². The highest BCUT2D eigenvalue weighted by molar-refractivity contribution is 5.75. The third-order valence-electron chi connectivity index (χ3n) is 3.32. The molecule has 2 rings (SSSR count). The van der Waals surface area contributed by atoms with Gasteiger partial charge in [0.05, 0.1) is 17.8 Å². The first-order valence-electron chi connectivity index (χ1n) is 5.88. The van der Waals surface area contributed by atoms with E-state index in [1.807, 2.05) is 0 Å². The number of hydrogen-bond acceptors (Lipinski definition) is 4. The number of aromatic nitrogens is 2. The Morgan fingerprint density at radius 1 is 1.47 bits per heavy atom. The Labute approximate surface area is 99.5 Å². The van der Waals surface area contributed by atoms with Crippen LogP contribution in [0.4, 0.5) is 0 Å². The minimum Gasteiger partial charge on any atom is -0.504 e. The Hall–Kier alpha value is -1.65. The molecule has 0 spiro atoms. The van der Waals surface area contributed by atoms with Gasteiger partial charge in [-0.15, -0.1) is 0 Å². The molecule has 0 radical (unpaired) electrons. The highest BCUT2D eigenvalue weighted by Crippen LogP contribution is 2.33. The largest absolute Gasteiger partial charge is 0.504 e. The van der Waals surface area contributed by atoms with E-state index in [-0.39, 0.29) is 11.4 Å². The van der Waals surface area contributed by atoms with Crippen LogP contribution in [-0.4, -0.2) is 26.2 Å². The molecule has 0 aromatic carbocycles. The van der Waals surface area contributed by atoms with Crippen molar-refractivity contribution in [3.8, 4) is 5.75 Å². The molecule has 5 heteroatoms. The van der Waals surface area contributed by atoms with Gasteiger partial charge in [0.15, 0.2) is 5.75 Å². The predicted molar refractivity (Wildman–Crippen MR) is 61.0 cm³/mol. The van der Waals surface area contributed by atoms with Crippen LogP contribution >= 0.6 is 0 Å². The summed E-state index contributed by atoms with van der Waals surface area (Å²) in [6.45, 7) is 1.52. The van der Waals surface area contributed by atoms with Crippen LogP contribution in [0.3, 0.4) is 0 Å². The van der Waals surface area contributed by atoms with Crippen LogP contribution in [0, 0.1) is 0 Å². The molecule has 0 saturated heterocycles. The Balaban J connectivity index is 2.31. The quantitative estimate of drug-likeness (QED) is 0.838. The normalized spacial score (nSPS) is 18.2. The van der Waals surface area contributed by atoms with Gasteiger partial charge in [0, 0.05) is 5.92 Å². The van der Waals surface area contributed by atoms with Gasteiger partial charge in [-0.2, -0.15) is 0 Å². The number of nitrogens with zero attached hydrogens (tertiary/aromatic N) is 2. The molecular weight excluding hydrogens is 220 g/mol. The summed E-state index contributed by atoms with van der Waals surface area (Å²) < 4.78 is 0. The van der Waals surface area contributed by atoms with Gasteiger partial charge in [-0.1, -0.05) is 12.8 Å². The van der Waals surface area contributed by atoms with E-state index in [9.17, 15) is 9.90 Å². The van der Waals surface area contributed by atoms with Crippen LogP contribution in [0.15, 0.2) is 6.20 Å². The Bertz CT molecular complexity index is 428. The molecule has 1 fully saturated rings. The summed E-state index contributed by atoms with van der Waals surface area (Å²) in [6, 6.07) is 0. The summed E-state index contributed by atoms with van der Waals surface area (Å²) in [5.74, 6) is -0.949. The highest BCUT2D eigenvalue weighted by atomic mass is 16.4. The second-order valence-electron chi connectivity index (χ2n) is 4.54. The lowest BCUT2D eigenvalue weighted by Gasteiger charge is -2.12. The first-order valence-corrected chi connectivity index (χ1v) is 5.88. The Kier molecular flexibility index (Phi) is 3.26. The maximum atomic E-state index is 10.9. The van der Waals surface area contributed by atoms with E-state index >= 15 is 0 Å². The van der Waals surface area contributed by atoms with Gasteiger partial charge in [-0.05, 0) is 19.8 Å². The second-order valence-corrected chi connectivity index (χ2v) is 4.54. The van der Waals surface area contributed by atoms with Crippen LogP contribution in [-0.2, 0) is 4.79 Å². The smallest absolute Gasteiger partial charge is 0.312 e. The number of rotatable bonds is 3. The summed E-state index contributed by atoms with van der Waals surface area (Å²) in [7, 11) is 0. The summed E-state index contributed by atoms with van der Waals surface area (Å²) in [6.07, 6.45) is 5.74. The van der Waals surface area contributed by atoms with Crippen molar-refractivity contribution < 1.29 is 15.0 Å². The molecule has 1 aromatic heterocycles. The molecule has 1 unspecified atom stereocenters. The lowest BCUT2D eigenvalue weighted by atomic mass is 10.0. The third kappa shape index (κ3) is 2.38. The number of hydrogen-bond donors (Lipinski definition) is 2. The molecule has 1 saturated carbocycles. The molecule has 0 amide bonds. The molecule has 0 bridgehead atoms. The van der Waals surface area contributed by atoms with Crippen LogP contribution in [0.25, 0.3) is 0 Å². The van der Waals surface area contributed by atoms with E-state index in [1.165, 1.54) is 26.0 Å². The van der Waals surface area contributed by atoms with Crippen molar-refractivity contribution in [2.45, 2.75) is 44.4 Å². The minimum absolute atomic E-state index is 0.137. The van der Waals surface area contributed by atoms with Crippen molar-refractivity contribution in [1.82, 2.24) is 9.97 Å². The average molecular weight is 236 g/mol. The standard InChI is InChI=1S/C12H16N2O3/c1-7(12(16)17)10-9(15)6-13-11(14-10)8-4-2-3-5-8/h6-8,15H,2-5H2,1H3,(H,16,17). The first kappa shape index (κ1) is 11.8. The summed E-state index contributed by atoms with van der Waals surface area (Å²) in [4.78, 5) is 19.3. The topological polar surface area (TPSA) is 83.3 Å². The number of carboxylic acids is 1. The second kappa shape index (κ2) is 4.69. The average Bonchev–Trinajstić information content (AvgIpc) is 2.82. The number of carbonyl (C=O) groups is 1. The van der Waals surface area contributed by atoms with E-state index in [4.69, 9.17) is 5.11 Å². The van der Waals surface area contributed by atoms with Crippen molar-refractivity contribution in [2.75, 3.05) is 0 Å². The Morgan fingerprint density at radius 2 is 2.12 bits per heavy atom. The van der Waals surface area contributed by atoms with Crippen molar-refractivity contribution >= 4 is 5.97 Å². The number of aliphatic carboxylic acids is 1. The van der Waals surface area contributed by atoms with E-state index in [1.54, 1.807) is 0 Å². The molecule has 1 aliphatic carbocycles. The van der Waals surface area contributed by atoms with Crippen molar-refractivity contribution in [3.05, 3.63) is 17.7 Å². The van der Waals surface area contributed by atoms with Gasteiger partial charge >= 0.3 is 5.97 Å². The fourth-order valence-electron chi connectivity index (χ4n) is 2.22. The molecule has 0 aliphatic heterocycles. The zero-order chi connectivity index (χ0) is 12.4.